The molecule has 5 rings (SSSR count). The van der Waals surface area contributed by atoms with Gasteiger partial charge in [0.2, 0.25) is 0 Å². The summed E-state index contributed by atoms with van der Waals surface area (Å²) >= 11 is 0. The first-order valence-electron chi connectivity index (χ1n) is 12.2. The molecular weight excluding hydrogens is 406 g/mol. The van der Waals surface area contributed by atoms with Gasteiger partial charge in [0.1, 0.15) is 5.76 Å². The van der Waals surface area contributed by atoms with Crippen molar-refractivity contribution in [2.45, 2.75) is 83.6 Å². The first-order chi connectivity index (χ1) is 15.6. The monoisotopic (exact) mass is 441 g/mol. The summed E-state index contributed by atoms with van der Waals surface area (Å²) in [5, 5.41) is 3.16. The highest BCUT2D eigenvalue weighted by Gasteiger charge is 2.37. The van der Waals surface area contributed by atoms with Crippen molar-refractivity contribution < 1.29 is 9.21 Å². The van der Waals surface area contributed by atoms with Crippen LogP contribution in [0.3, 0.4) is 0 Å². The highest BCUT2D eigenvalue weighted by atomic mass is 16.3. The van der Waals surface area contributed by atoms with Crippen molar-refractivity contribution in [1.29, 1.82) is 0 Å². The van der Waals surface area contributed by atoms with Crippen molar-refractivity contribution in [3.63, 3.8) is 0 Å². The molecule has 3 aromatic rings. The maximum Gasteiger partial charge on any atom is 0.287 e. The molecule has 1 amide bonds. The highest BCUT2D eigenvalue weighted by Crippen LogP contribution is 2.46. The maximum atomic E-state index is 12.8. The van der Waals surface area contributed by atoms with Gasteiger partial charge in [0.05, 0.1) is 0 Å². The van der Waals surface area contributed by atoms with E-state index in [1.165, 1.54) is 46.2 Å². The Morgan fingerprint density at radius 3 is 2.18 bits per heavy atom. The van der Waals surface area contributed by atoms with Crippen LogP contribution in [0.2, 0.25) is 0 Å². The molecule has 1 aromatic heterocycles. The second-order valence-electron chi connectivity index (χ2n) is 11.4. The van der Waals surface area contributed by atoms with Crippen LogP contribution in [-0.4, -0.2) is 11.9 Å². The number of carbonyl (C=O) groups is 1. The number of fused-ring (bicyclic) bond motifs is 2. The molecule has 1 N–H and O–H groups in total. The summed E-state index contributed by atoms with van der Waals surface area (Å²) in [5.74, 6) is 1.12. The van der Waals surface area contributed by atoms with E-state index in [1.54, 1.807) is 0 Å². The van der Waals surface area contributed by atoms with E-state index >= 15 is 0 Å². The van der Waals surface area contributed by atoms with Crippen LogP contribution in [0.25, 0.3) is 0 Å². The number of aryl methyl sites for hydroxylation is 1. The summed E-state index contributed by atoms with van der Waals surface area (Å²) in [4.78, 5) is 12.8. The number of rotatable bonds is 4. The summed E-state index contributed by atoms with van der Waals surface area (Å²) in [6.45, 7) is 11.6. The van der Waals surface area contributed by atoms with E-state index in [1.807, 2.05) is 12.1 Å². The summed E-state index contributed by atoms with van der Waals surface area (Å²) in [6, 6.07) is 17.1. The Bertz CT molecular complexity index is 1190. The molecule has 3 nitrogen and oxygen atoms in total. The zero-order valence-corrected chi connectivity index (χ0v) is 20.5. The lowest BCUT2D eigenvalue weighted by atomic mass is 9.62. The minimum absolute atomic E-state index is 0.121. The van der Waals surface area contributed by atoms with E-state index in [0.29, 0.717) is 12.2 Å². The van der Waals surface area contributed by atoms with Gasteiger partial charge in [0.15, 0.2) is 5.76 Å². The van der Waals surface area contributed by atoms with Gasteiger partial charge in [0.25, 0.3) is 5.91 Å². The smallest absolute Gasteiger partial charge is 0.287 e. The van der Waals surface area contributed by atoms with Crippen molar-refractivity contribution >= 4 is 5.91 Å². The van der Waals surface area contributed by atoms with Crippen LogP contribution >= 0.6 is 0 Å². The number of amides is 1. The topological polar surface area (TPSA) is 42.2 Å². The van der Waals surface area contributed by atoms with E-state index < -0.39 is 0 Å². The van der Waals surface area contributed by atoms with Crippen LogP contribution in [0, 0.1) is 6.92 Å². The number of nitrogens with one attached hydrogen (secondary N) is 1. The minimum atomic E-state index is -0.121. The van der Waals surface area contributed by atoms with Crippen LogP contribution in [0.5, 0.6) is 0 Å². The zero-order chi connectivity index (χ0) is 23.4. The molecule has 2 aliphatic carbocycles. The SMILES string of the molecule is Cc1cc2c(cc1Cc1ccc(C(=O)NC3Cc4ccccc4C3)o1)C(C)(C)CCC2(C)C. The Kier molecular flexibility index (Phi) is 5.27. The lowest BCUT2D eigenvalue weighted by molar-refractivity contribution is 0.0909. The second-order valence-corrected chi connectivity index (χ2v) is 11.4. The lowest BCUT2D eigenvalue weighted by Gasteiger charge is -2.42. The van der Waals surface area contributed by atoms with Crippen LogP contribution in [0.1, 0.15) is 90.2 Å². The quantitative estimate of drug-likeness (QED) is 0.507. The van der Waals surface area contributed by atoms with Gasteiger partial charge < -0.3 is 9.73 Å². The minimum Gasteiger partial charge on any atom is -0.456 e. The molecule has 33 heavy (non-hydrogen) atoms. The van der Waals surface area contributed by atoms with Crippen molar-refractivity contribution in [3.05, 3.63) is 93.4 Å². The molecule has 3 heteroatoms. The molecule has 0 saturated carbocycles. The molecule has 0 unspecified atom stereocenters. The van der Waals surface area contributed by atoms with Crippen molar-refractivity contribution in [2.24, 2.45) is 0 Å². The highest BCUT2D eigenvalue weighted by molar-refractivity contribution is 5.91. The molecule has 0 bridgehead atoms. The van der Waals surface area contributed by atoms with Gasteiger partial charge in [-0.3, -0.25) is 4.79 Å². The predicted molar refractivity (Wildman–Crippen MR) is 133 cm³/mol. The van der Waals surface area contributed by atoms with Gasteiger partial charge in [-0.2, -0.15) is 0 Å². The van der Waals surface area contributed by atoms with Gasteiger partial charge in [-0.15, -0.1) is 0 Å². The molecule has 172 valence electrons. The third kappa shape index (κ3) is 4.14. The first kappa shape index (κ1) is 22.0. The van der Waals surface area contributed by atoms with Gasteiger partial charge in [-0.25, -0.2) is 0 Å². The molecular formula is C30H35NO2. The summed E-state index contributed by atoms with van der Waals surface area (Å²) in [7, 11) is 0. The average molecular weight is 442 g/mol. The maximum absolute atomic E-state index is 12.8. The molecule has 0 radical (unpaired) electrons. The Morgan fingerprint density at radius 2 is 1.55 bits per heavy atom. The third-order valence-corrected chi connectivity index (χ3v) is 7.95. The molecule has 2 aromatic carbocycles. The fourth-order valence-electron chi connectivity index (χ4n) is 5.66. The normalized spacial score (nSPS) is 18.6. The summed E-state index contributed by atoms with van der Waals surface area (Å²) in [6.07, 6.45) is 4.89. The molecule has 0 saturated heterocycles. The third-order valence-electron chi connectivity index (χ3n) is 7.95. The van der Waals surface area contributed by atoms with Crippen molar-refractivity contribution in [3.8, 4) is 0 Å². The molecule has 0 spiro atoms. The fourth-order valence-corrected chi connectivity index (χ4v) is 5.66. The van der Waals surface area contributed by atoms with Gasteiger partial charge in [-0.1, -0.05) is 64.1 Å². The van der Waals surface area contributed by atoms with Crippen LogP contribution in [-0.2, 0) is 30.1 Å². The Balaban J connectivity index is 1.32. The lowest BCUT2D eigenvalue weighted by Crippen LogP contribution is -2.35. The Hall–Kier alpha value is -2.81. The molecule has 0 atom stereocenters. The first-order valence-corrected chi connectivity index (χ1v) is 12.2. The average Bonchev–Trinajstić information content (AvgIpc) is 3.39. The van der Waals surface area contributed by atoms with Crippen LogP contribution in [0.4, 0.5) is 0 Å². The largest absolute Gasteiger partial charge is 0.456 e. The summed E-state index contributed by atoms with van der Waals surface area (Å²) in [5.41, 5.74) is 8.58. The number of carbonyl (C=O) groups excluding carboxylic acids is 1. The standard InChI is InChI=1S/C30H35NO2/c1-19-14-25-26(30(4,5)13-12-29(25,2)3)18-22(19)17-24-10-11-27(33-24)28(32)31-23-15-20-8-6-7-9-21(20)16-23/h6-11,14,18,23H,12-13,15-17H2,1-5H3,(H,31,32). The van der Waals surface area contributed by atoms with E-state index in [-0.39, 0.29) is 22.8 Å². The van der Waals surface area contributed by atoms with Gasteiger partial charge in [0, 0.05) is 12.5 Å². The summed E-state index contributed by atoms with van der Waals surface area (Å²) < 4.78 is 6.02. The molecule has 2 aliphatic rings. The zero-order valence-electron chi connectivity index (χ0n) is 20.5. The van der Waals surface area contributed by atoms with Crippen molar-refractivity contribution in [1.82, 2.24) is 5.32 Å². The van der Waals surface area contributed by atoms with Crippen LogP contribution in [0.15, 0.2) is 52.9 Å². The number of furan rings is 1. The molecule has 1 heterocycles. The van der Waals surface area contributed by atoms with E-state index in [2.05, 4.69) is 76.3 Å². The van der Waals surface area contributed by atoms with E-state index in [9.17, 15) is 4.79 Å². The van der Waals surface area contributed by atoms with E-state index in [0.717, 1.165) is 18.6 Å². The fraction of sp³-hybridized carbons (Fsp3) is 0.433. The molecule has 0 fully saturated rings. The van der Waals surface area contributed by atoms with Gasteiger partial charge in [-0.05, 0) is 89.0 Å². The second kappa shape index (κ2) is 7.90. The van der Waals surface area contributed by atoms with Crippen molar-refractivity contribution in [2.75, 3.05) is 0 Å². The number of hydrogen-bond acceptors (Lipinski definition) is 2. The Morgan fingerprint density at radius 1 is 0.939 bits per heavy atom. The van der Waals surface area contributed by atoms with E-state index in [4.69, 9.17) is 4.42 Å². The Labute approximate surface area is 197 Å². The molecule has 0 aliphatic heterocycles. The number of benzene rings is 2. The number of hydrogen-bond donors (Lipinski definition) is 1. The predicted octanol–water partition coefficient (Wildman–Crippen LogP) is 6.43. The van der Waals surface area contributed by atoms with Crippen LogP contribution < -0.4 is 5.32 Å². The van der Waals surface area contributed by atoms with Gasteiger partial charge >= 0.3 is 0 Å².